The monoisotopic (exact) mass is 267 g/mol. The third kappa shape index (κ3) is 2.55. The number of likely N-dealkylation sites (N-methyl/N-ethyl adjacent to an activating group) is 1. The van der Waals surface area contributed by atoms with Gasteiger partial charge in [-0.05, 0) is 7.05 Å². The third-order valence-electron chi connectivity index (χ3n) is 3.35. The molecule has 0 aliphatic carbocycles. The number of nitrogens with zero attached hydrogens (tertiary/aromatic N) is 2. The van der Waals surface area contributed by atoms with E-state index in [1.807, 2.05) is 0 Å². The maximum absolute atomic E-state index is 11.8. The molecular formula is C12H17N3O2S. The molecule has 1 N–H and O–H groups in total. The summed E-state index contributed by atoms with van der Waals surface area (Å²) in [6, 6.07) is 0. The minimum atomic E-state index is 0.0581. The van der Waals surface area contributed by atoms with Gasteiger partial charge in [0.1, 0.15) is 0 Å². The zero-order valence-electron chi connectivity index (χ0n) is 10.4. The van der Waals surface area contributed by atoms with Crippen LogP contribution in [0.2, 0.25) is 0 Å². The van der Waals surface area contributed by atoms with E-state index in [-0.39, 0.29) is 5.91 Å². The van der Waals surface area contributed by atoms with Crippen molar-refractivity contribution >= 4 is 22.4 Å². The standard InChI is InChI=1S/C12H17N3O2S/c1-15-3-2-9-10(5-15)18-12(13-9)14-11(16)4-8-6-17-7-8/h8H,2-7H2,1H3,(H,13,14,16). The number of rotatable bonds is 3. The number of hydrogen-bond acceptors (Lipinski definition) is 5. The highest BCUT2D eigenvalue weighted by Crippen LogP contribution is 2.28. The molecule has 3 heterocycles. The zero-order valence-corrected chi connectivity index (χ0v) is 11.3. The molecule has 98 valence electrons. The molecule has 18 heavy (non-hydrogen) atoms. The highest BCUT2D eigenvalue weighted by Gasteiger charge is 2.23. The van der Waals surface area contributed by atoms with Crippen LogP contribution >= 0.6 is 11.3 Å². The van der Waals surface area contributed by atoms with Gasteiger partial charge >= 0.3 is 0 Å². The number of aromatic nitrogens is 1. The molecule has 0 saturated carbocycles. The topological polar surface area (TPSA) is 54.5 Å². The van der Waals surface area contributed by atoms with E-state index in [1.54, 1.807) is 11.3 Å². The molecule has 3 rings (SSSR count). The summed E-state index contributed by atoms with van der Waals surface area (Å²) in [4.78, 5) is 19.8. The summed E-state index contributed by atoms with van der Waals surface area (Å²) in [7, 11) is 2.11. The highest BCUT2D eigenvalue weighted by molar-refractivity contribution is 7.15. The first kappa shape index (κ1) is 12.1. The molecule has 1 aromatic rings. The molecule has 1 fully saturated rings. The third-order valence-corrected chi connectivity index (χ3v) is 4.35. The van der Waals surface area contributed by atoms with Crippen molar-refractivity contribution in [1.29, 1.82) is 0 Å². The number of ether oxygens (including phenoxy) is 1. The summed E-state index contributed by atoms with van der Waals surface area (Å²) in [5, 5.41) is 3.66. The smallest absolute Gasteiger partial charge is 0.226 e. The fraction of sp³-hybridized carbons (Fsp3) is 0.667. The lowest BCUT2D eigenvalue weighted by Gasteiger charge is -2.24. The van der Waals surface area contributed by atoms with Gasteiger partial charge < -0.3 is 15.0 Å². The Morgan fingerprint density at radius 2 is 2.44 bits per heavy atom. The van der Waals surface area contributed by atoms with Gasteiger partial charge in [-0.25, -0.2) is 4.98 Å². The number of fused-ring (bicyclic) bond motifs is 1. The Morgan fingerprint density at radius 3 is 3.17 bits per heavy atom. The van der Waals surface area contributed by atoms with Crippen LogP contribution in [0.4, 0.5) is 5.13 Å². The fourth-order valence-corrected chi connectivity index (χ4v) is 3.32. The summed E-state index contributed by atoms with van der Waals surface area (Å²) in [6.45, 7) is 3.42. The number of amides is 1. The van der Waals surface area contributed by atoms with Gasteiger partial charge in [0, 0.05) is 36.7 Å². The summed E-state index contributed by atoms with van der Waals surface area (Å²) in [5.41, 5.74) is 1.15. The average molecular weight is 267 g/mol. The molecule has 0 bridgehead atoms. The number of carbonyl (C=O) groups excluding carboxylic acids is 1. The van der Waals surface area contributed by atoms with Gasteiger partial charge in [0.15, 0.2) is 5.13 Å². The first-order valence-electron chi connectivity index (χ1n) is 6.25. The summed E-state index contributed by atoms with van der Waals surface area (Å²) in [6.07, 6.45) is 1.53. The van der Waals surface area contributed by atoms with Crippen LogP contribution in [0.1, 0.15) is 17.0 Å². The minimum absolute atomic E-state index is 0.0581. The number of carbonyl (C=O) groups is 1. The molecule has 0 radical (unpaired) electrons. The molecule has 0 atom stereocenters. The van der Waals surface area contributed by atoms with Crippen LogP contribution in [0, 0.1) is 5.92 Å². The minimum Gasteiger partial charge on any atom is -0.381 e. The van der Waals surface area contributed by atoms with Gasteiger partial charge in [-0.2, -0.15) is 0 Å². The van der Waals surface area contributed by atoms with Crippen molar-refractivity contribution in [2.45, 2.75) is 19.4 Å². The van der Waals surface area contributed by atoms with Gasteiger partial charge in [-0.3, -0.25) is 4.79 Å². The number of thiazole rings is 1. The summed E-state index contributed by atoms with van der Waals surface area (Å²) < 4.78 is 5.07. The molecule has 2 aliphatic rings. The van der Waals surface area contributed by atoms with Crippen molar-refractivity contribution in [2.24, 2.45) is 5.92 Å². The molecule has 5 nitrogen and oxygen atoms in total. The second kappa shape index (κ2) is 4.95. The van der Waals surface area contributed by atoms with Gasteiger partial charge in [0.25, 0.3) is 0 Å². The Balaban J connectivity index is 1.60. The van der Waals surface area contributed by atoms with Crippen molar-refractivity contribution < 1.29 is 9.53 Å². The van der Waals surface area contributed by atoms with Crippen molar-refractivity contribution in [3.63, 3.8) is 0 Å². The van der Waals surface area contributed by atoms with E-state index < -0.39 is 0 Å². The van der Waals surface area contributed by atoms with Crippen LogP contribution in [-0.4, -0.2) is 42.6 Å². The molecule has 0 spiro atoms. The lowest BCUT2D eigenvalue weighted by atomic mass is 10.0. The van der Waals surface area contributed by atoms with Crippen molar-refractivity contribution in [2.75, 3.05) is 32.1 Å². The second-order valence-electron chi connectivity index (χ2n) is 5.03. The fourth-order valence-electron chi connectivity index (χ4n) is 2.21. The van der Waals surface area contributed by atoms with Crippen molar-refractivity contribution in [3.8, 4) is 0 Å². The number of hydrogen-bond donors (Lipinski definition) is 1. The summed E-state index contributed by atoms with van der Waals surface area (Å²) >= 11 is 1.60. The van der Waals surface area contributed by atoms with Crippen LogP contribution < -0.4 is 5.32 Å². The summed E-state index contributed by atoms with van der Waals surface area (Å²) in [5.74, 6) is 0.452. The lowest BCUT2D eigenvalue weighted by Crippen LogP contribution is -2.31. The Hall–Kier alpha value is -0.980. The maximum Gasteiger partial charge on any atom is 0.226 e. The van der Waals surface area contributed by atoms with E-state index in [2.05, 4.69) is 22.2 Å². The van der Waals surface area contributed by atoms with Crippen LogP contribution in [-0.2, 0) is 22.5 Å². The first-order chi connectivity index (χ1) is 8.70. The van der Waals surface area contributed by atoms with E-state index >= 15 is 0 Å². The molecular weight excluding hydrogens is 250 g/mol. The van der Waals surface area contributed by atoms with E-state index in [4.69, 9.17) is 4.74 Å². The molecule has 6 heteroatoms. The van der Waals surface area contributed by atoms with E-state index in [9.17, 15) is 4.79 Å². The van der Waals surface area contributed by atoms with Gasteiger partial charge in [-0.1, -0.05) is 0 Å². The lowest BCUT2D eigenvalue weighted by molar-refractivity contribution is -0.121. The Bertz CT molecular complexity index is 456. The average Bonchev–Trinajstić information content (AvgIpc) is 2.65. The van der Waals surface area contributed by atoms with Crippen LogP contribution in [0.5, 0.6) is 0 Å². The second-order valence-corrected chi connectivity index (χ2v) is 6.12. The largest absolute Gasteiger partial charge is 0.381 e. The van der Waals surface area contributed by atoms with Crippen molar-refractivity contribution in [3.05, 3.63) is 10.6 Å². The van der Waals surface area contributed by atoms with Gasteiger partial charge in [0.05, 0.1) is 18.9 Å². The van der Waals surface area contributed by atoms with E-state index in [1.165, 1.54) is 4.88 Å². The van der Waals surface area contributed by atoms with Crippen LogP contribution in [0.15, 0.2) is 0 Å². The molecule has 1 saturated heterocycles. The van der Waals surface area contributed by atoms with Crippen LogP contribution in [0.3, 0.4) is 0 Å². The predicted octanol–water partition coefficient (Wildman–Crippen LogP) is 1.11. The first-order valence-corrected chi connectivity index (χ1v) is 7.07. The molecule has 2 aliphatic heterocycles. The maximum atomic E-state index is 11.8. The van der Waals surface area contributed by atoms with Gasteiger partial charge in [0.2, 0.25) is 5.91 Å². The highest BCUT2D eigenvalue weighted by atomic mass is 32.1. The Morgan fingerprint density at radius 1 is 1.61 bits per heavy atom. The van der Waals surface area contributed by atoms with Crippen LogP contribution in [0.25, 0.3) is 0 Å². The SMILES string of the molecule is CN1CCc2nc(NC(=O)CC3COC3)sc2C1. The van der Waals surface area contributed by atoms with Gasteiger partial charge in [-0.15, -0.1) is 11.3 Å². The Labute approximate surface area is 110 Å². The molecule has 0 aromatic carbocycles. The van der Waals surface area contributed by atoms with E-state index in [0.29, 0.717) is 25.6 Å². The Kier molecular flexibility index (Phi) is 3.32. The van der Waals surface area contributed by atoms with E-state index in [0.717, 1.165) is 30.3 Å². The molecule has 1 amide bonds. The molecule has 0 unspecified atom stereocenters. The number of anilines is 1. The van der Waals surface area contributed by atoms with Crippen molar-refractivity contribution in [1.82, 2.24) is 9.88 Å². The normalized spacial score (nSPS) is 20.3. The number of nitrogens with one attached hydrogen (secondary N) is 1. The molecule has 1 aromatic heterocycles. The predicted molar refractivity (Wildman–Crippen MR) is 69.7 cm³/mol. The quantitative estimate of drug-likeness (QED) is 0.891. The zero-order chi connectivity index (χ0) is 12.5.